The fourth-order valence-electron chi connectivity index (χ4n) is 1.58. The van der Waals surface area contributed by atoms with Crippen molar-refractivity contribution in [2.24, 2.45) is 0 Å². The highest BCUT2D eigenvalue weighted by Crippen LogP contribution is 2.20. The highest BCUT2D eigenvalue weighted by Gasteiger charge is 2.10. The number of anilines is 2. The molecule has 0 saturated carbocycles. The van der Waals surface area contributed by atoms with E-state index in [1.807, 2.05) is 13.0 Å². The van der Waals surface area contributed by atoms with Crippen LogP contribution in [-0.2, 0) is 0 Å². The van der Waals surface area contributed by atoms with Crippen molar-refractivity contribution in [3.8, 4) is 5.75 Å². The average molecular weight is 242 g/mol. The Labute approximate surface area is 105 Å². The minimum absolute atomic E-state index is 0.0462. The molecule has 0 radical (unpaired) electrons. The van der Waals surface area contributed by atoms with Crippen LogP contribution >= 0.6 is 0 Å². The van der Waals surface area contributed by atoms with E-state index in [1.165, 1.54) is 6.07 Å². The van der Waals surface area contributed by atoms with Gasteiger partial charge in [-0.15, -0.1) is 0 Å². The monoisotopic (exact) mass is 242 g/mol. The van der Waals surface area contributed by atoms with Gasteiger partial charge >= 0.3 is 0 Å². The zero-order valence-corrected chi connectivity index (χ0v) is 9.97. The SMILES string of the molecule is Cc1ccc(NC(=O)c2ccccc2O)cc1N. The molecule has 4 nitrogen and oxygen atoms in total. The molecule has 0 aliphatic heterocycles. The Morgan fingerprint density at radius 1 is 1.22 bits per heavy atom. The summed E-state index contributed by atoms with van der Waals surface area (Å²) in [6.07, 6.45) is 0. The number of phenols is 1. The summed E-state index contributed by atoms with van der Waals surface area (Å²) in [5.74, 6) is -0.411. The molecule has 2 rings (SSSR count). The molecule has 4 N–H and O–H groups in total. The predicted octanol–water partition coefficient (Wildman–Crippen LogP) is 2.54. The van der Waals surface area contributed by atoms with E-state index in [4.69, 9.17) is 5.73 Å². The van der Waals surface area contributed by atoms with Crippen LogP contribution in [0.2, 0.25) is 0 Å². The summed E-state index contributed by atoms with van der Waals surface area (Å²) < 4.78 is 0. The van der Waals surface area contributed by atoms with Gasteiger partial charge < -0.3 is 16.2 Å². The van der Waals surface area contributed by atoms with Crippen LogP contribution in [-0.4, -0.2) is 11.0 Å². The standard InChI is InChI=1S/C14H14N2O2/c1-9-6-7-10(8-12(9)15)16-14(18)11-4-2-3-5-13(11)17/h2-8,17H,15H2,1H3,(H,16,18). The van der Waals surface area contributed by atoms with Crippen LogP contribution in [0, 0.1) is 6.92 Å². The van der Waals surface area contributed by atoms with Gasteiger partial charge in [0.25, 0.3) is 5.91 Å². The third kappa shape index (κ3) is 2.43. The first kappa shape index (κ1) is 12.0. The van der Waals surface area contributed by atoms with E-state index in [1.54, 1.807) is 30.3 Å². The molecule has 0 aromatic heterocycles. The second-order valence-corrected chi connectivity index (χ2v) is 4.04. The maximum atomic E-state index is 11.9. The summed E-state index contributed by atoms with van der Waals surface area (Å²) in [7, 11) is 0. The number of phenolic OH excluding ortho intramolecular Hbond substituents is 1. The molecule has 0 heterocycles. The van der Waals surface area contributed by atoms with Gasteiger partial charge in [0.2, 0.25) is 0 Å². The van der Waals surface area contributed by atoms with Crippen molar-refractivity contribution >= 4 is 17.3 Å². The number of nitrogens with one attached hydrogen (secondary N) is 1. The maximum Gasteiger partial charge on any atom is 0.259 e. The summed E-state index contributed by atoms with van der Waals surface area (Å²) >= 11 is 0. The molecule has 92 valence electrons. The van der Waals surface area contributed by atoms with Crippen LogP contribution in [0.5, 0.6) is 5.75 Å². The first-order valence-corrected chi connectivity index (χ1v) is 5.53. The molecule has 2 aromatic carbocycles. The third-order valence-electron chi connectivity index (χ3n) is 2.69. The fraction of sp³-hybridized carbons (Fsp3) is 0.0714. The Hall–Kier alpha value is -2.49. The lowest BCUT2D eigenvalue weighted by atomic mass is 10.1. The van der Waals surface area contributed by atoms with Crippen LogP contribution in [0.4, 0.5) is 11.4 Å². The smallest absolute Gasteiger partial charge is 0.259 e. The minimum atomic E-state index is -0.364. The molecule has 0 unspecified atom stereocenters. The molecule has 2 aromatic rings. The lowest BCUT2D eigenvalue weighted by Crippen LogP contribution is -2.12. The Bertz CT molecular complexity index is 594. The molecular formula is C14H14N2O2. The summed E-state index contributed by atoms with van der Waals surface area (Å²) in [4.78, 5) is 11.9. The number of para-hydroxylation sites is 1. The van der Waals surface area contributed by atoms with Crippen LogP contribution in [0.3, 0.4) is 0 Å². The van der Waals surface area contributed by atoms with Crippen molar-refractivity contribution in [1.82, 2.24) is 0 Å². The summed E-state index contributed by atoms with van der Waals surface area (Å²) in [5.41, 5.74) is 8.17. The molecule has 0 saturated heterocycles. The van der Waals surface area contributed by atoms with E-state index in [2.05, 4.69) is 5.32 Å². The van der Waals surface area contributed by atoms with Crippen LogP contribution < -0.4 is 11.1 Å². The van der Waals surface area contributed by atoms with Crippen LogP contribution in [0.15, 0.2) is 42.5 Å². The number of rotatable bonds is 2. The van der Waals surface area contributed by atoms with E-state index in [0.29, 0.717) is 11.4 Å². The van der Waals surface area contributed by atoms with Crippen molar-refractivity contribution in [3.63, 3.8) is 0 Å². The lowest BCUT2D eigenvalue weighted by Gasteiger charge is -2.08. The largest absolute Gasteiger partial charge is 0.507 e. The molecule has 1 amide bonds. The number of carbonyl (C=O) groups is 1. The number of hydrogen-bond donors (Lipinski definition) is 3. The summed E-state index contributed by atoms with van der Waals surface area (Å²) in [6, 6.07) is 11.7. The van der Waals surface area contributed by atoms with Crippen LogP contribution in [0.25, 0.3) is 0 Å². The van der Waals surface area contributed by atoms with Crippen molar-refractivity contribution in [2.75, 3.05) is 11.1 Å². The zero-order valence-electron chi connectivity index (χ0n) is 9.97. The number of carbonyl (C=O) groups excluding carboxylic acids is 1. The molecule has 0 fully saturated rings. The quantitative estimate of drug-likeness (QED) is 0.708. The lowest BCUT2D eigenvalue weighted by molar-refractivity contribution is 0.102. The second-order valence-electron chi connectivity index (χ2n) is 4.04. The minimum Gasteiger partial charge on any atom is -0.507 e. The molecule has 0 aliphatic rings. The second kappa shape index (κ2) is 4.79. The predicted molar refractivity (Wildman–Crippen MR) is 71.7 cm³/mol. The first-order valence-electron chi connectivity index (χ1n) is 5.53. The molecule has 0 atom stereocenters. The zero-order chi connectivity index (χ0) is 13.1. The number of aromatic hydroxyl groups is 1. The summed E-state index contributed by atoms with van der Waals surface area (Å²) in [6.45, 7) is 1.89. The van der Waals surface area contributed by atoms with Gasteiger partial charge in [-0.1, -0.05) is 18.2 Å². The van der Waals surface area contributed by atoms with Gasteiger partial charge in [0.1, 0.15) is 5.75 Å². The van der Waals surface area contributed by atoms with E-state index in [0.717, 1.165) is 5.56 Å². The number of benzene rings is 2. The van der Waals surface area contributed by atoms with Crippen molar-refractivity contribution in [1.29, 1.82) is 0 Å². The van der Waals surface area contributed by atoms with Gasteiger partial charge in [0.15, 0.2) is 0 Å². The van der Waals surface area contributed by atoms with Gasteiger partial charge in [0, 0.05) is 11.4 Å². The molecule has 18 heavy (non-hydrogen) atoms. The molecule has 4 heteroatoms. The Morgan fingerprint density at radius 2 is 1.94 bits per heavy atom. The molecule has 0 aliphatic carbocycles. The average Bonchev–Trinajstić information content (AvgIpc) is 2.34. The number of hydrogen-bond acceptors (Lipinski definition) is 3. The van der Waals surface area contributed by atoms with Gasteiger partial charge in [-0.25, -0.2) is 0 Å². The highest BCUT2D eigenvalue weighted by atomic mass is 16.3. The van der Waals surface area contributed by atoms with Gasteiger partial charge in [-0.2, -0.15) is 0 Å². The van der Waals surface area contributed by atoms with Crippen LogP contribution in [0.1, 0.15) is 15.9 Å². The maximum absolute atomic E-state index is 11.9. The number of nitrogens with two attached hydrogens (primary N) is 1. The van der Waals surface area contributed by atoms with Crippen molar-refractivity contribution in [2.45, 2.75) is 6.92 Å². The van der Waals surface area contributed by atoms with Crippen molar-refractivity contribution < 1.29 is 9.90 Å². The number of amides is 1. The highest BCUT2D eigenvalue weighted by molar-refractivity contribution is 6.06. The van der Waals surface area contributed by atoms with E-state index in [-0.39, 0.29) is 17.2 Å². The van der Waals surface area contributed by atoms with E-state index >= 15 is 0 Å². The van der Waals surface area contributed by atoms with E-state index < -0.39 is 0 Å². The molecule has 0 spiro atoms. The first-order chi connectivity index (χ1) is 8.58. The van der Waals surface area contributed by atoms with Gasteiger partial charge in [-0.3, -0.25) is 4.79 Å². The van der Waals surface area contributed by atoms with Crippen molar-refractivity contribution in [3.05, 3.63) is 53.6 Å². The fourth-order valence-corrected chi connectivity index (χ4v) is 1.58. The van der Waals surface area contributed by atoms with Gasteiger partial charge in [0.05, 0.1) is 5.56 Å². The topological polar surface area (TPSA) is 75.3 Å². The van der Waals surface area contributed by atoms with E-state index in [9.17, 15) is 9.90 Å². The molecular weight excluding hydrogens is 228 g/mol. The Kier molecular flexibility index (Phi) is 3.19. The Morgan fingerprint density at radius 3 is 2.61 bits per heavy atom. The Balaban J connectivity index is 2.22. The normalized spacial score (nSPS) is 10.1. The van der Waals surface area contributed by atoms with Gasteiger partial charge in [-0.05, 0) is 36.8 Å². The number of nitrogen functional groups attached to an aromatic ring is 1. The number of aryl methyl sites for hydroxylation is 1. The molecule has 0 bridgehead atoms. The summed E-state index contributed by atoms with van der Waals surface area (Å²) in [5, 5.41) is 12.3. The third-order valence-corrected chi connectivity index (χ3v) is 2.69.